The number of aromatic nitrogens is 3. The van der Waals surface area contributed by atoms with E-state index in [1.807, 2.05) is 6.07 Å². The van der Waals surface area contributed by atoms with Gasteiger partial charge in [-0.2, -0.15) is 0 Å². The maximum atomic E-state index is 12.2. The number of ether oxygens (including phenoxy) is 6. The first-order valence-corrected chi connectivity index (χ1v) is 17.5. The molecule has 15 nitrogen and oxygen atoms in total. The van der Waals surface area contributed by atoms with E-state index in [0.29, 0.717) is 29.2 Å². The van der Waals surface area contributed by atoms with Crippen LogP contribution in [0.25, 0.3) is 0 Å². The third-order valence-electron chi connectivity index (χ3n) is 10.3. The molecular formula is C36H48N4O11. The van der Waals surface area contributed by atoms with Crippen molar-refractivity contribution in [3.05, 3.63) is 41.2 Å². The van der Waals surface area contributed by atoms with E-state index in [1.165, 1.54) is 29.7 Å². The van der Waals surface area contributed by atoms with Gasteiger partial charge in [0.15, 0.2) is 24.5 Å². The minimum Gasteiger partial charge on any atom is -0.487 e. The molecule has 278 valence electrons. The van der Waals surface area contributed by atoms with E-state index in [-0.39, 0.29) is 18.6 Å². The number of nitrogens with zero attached hydrogens (tertiary/aromatic N) is 4. The second-order valence-electron chi connectivity index (χ2n) is 13.9. The van der Waals surface area contributed by atoms with Gasteiger partial charge in [-0.3, -0.25) is 19.2 Å². The Morgan fingerprint density at radius 1 is 1.02 bits per heavy atom. The maximum absolute atomic E-state index is 12.2. The van der Waals surface area contributed by atoms with Crippen molar-refractivity contribution in [3.63, 3.8) is 0 Å². The van der Waals surface area contributed by atoms with Gasteiger partial charge >= 0.3 is 23.9 Å². The van der Waals surface area contributed by atoms with Crippen LogP contribution in [0.3, 0.4) is 0 Å². The standard InChI is InChI=1S/C36H48N4O11/c1-7-8-30-29-11-9-24-15-26(10-12-27(24)28(29)13-14-36(30,6)19-37-45)47-17-25-16-40(39-38-25)35-34(50-23(5)44)33(49-22(4)43)32(48-21(3)42)31(51-35)18-46-20(2)41/h10,12,15-16,19,28-35,45H,7-9,11,13-14,17-18H2,1-6H3/b37-19+/t28-,29-,30+,31-,32-,33+,34+,35+,36-/m1/s1. The number of carbonyl (C=O) groups is 4. The molecule has 2 aromatic rings. The number of fused-ring (bicyclic) bond motifs is 3. The van der Waals surface area contributed by atoms with Crippen LogP contribution in [-0.2, 0) is 55.9 Å². The number of hydrogen-bond acceptors (Lipinski definition) is 14. The summed E-state index contributed by atoms with van der Waals surface area (Å²) in [6.07, 6.45) is 3.23. The van der Waals surface area contributed by atoms with Crippen LogP contribution in [0.5, 0.6) is 5.75 Å². The maximum Gasteiger partial charge on any atom is 0.303 e. The third kappa shape index (κ3) is 8.68. The van der Waals surface area contributed by atoms with Gasteiger partial charge in [-0.15, -0.1) is 10.3 Å². The lowest BCUT2D eigenvalue weighted by Crippen LogP contribution is -2.60. The minimum absolute atomic E-state index is 0.0630. The van der Waals surface area contributed by atoms with Gasteiger partial charge in [0.25, 0.3) is 0 Å². The molecular weight excluding hydrogens is 664 g/mol. The summed E-state index contributed by atoms with van der Waals surface area (Å²) in [5.74, 6) is -0.665. The van der Waals surface area contributed by atoms with E-state index < -0.39 is 54.5 Å². The Hall–Kier alpha value is -4.53. The van der Waals surface area contributed by atoms with Gasteiger partial charge in [0.2, 0.25) is 0 Å². The Morgan fingerprint density at radius 3 is 2.39 bits per heavy atom. The van der Waals surface area contributed by atoms with Crippen LogP contribution in [0.1, 0.15) is 103 Å². The monoisotopic (exact) mass is 712 g/mol. The second-order valence-corrected chi connectivity index (χ2v) is 13.9. The van der Waals surface area contributed by atoms with Gasteiger partial charge in [-0.05, 0) is 73.1 Å². The van der Waals surface area contributed by atoms with Crippen LogP contribution in [0, 0.1) is 17.3 Å². The van der Waals surface area contributed by atoms with Gasteiger partial charge in [0.05, 0.1) is 6.20 Å². The number of rotatable bonds is 12. The highest BCUT2D eigenvalue weighted by atomic mass is 16.7. The minimum atomic E-state index is -1.33. The lowest BCUT2D eigenvalue weighted by molar-refractivity contribution is -0.270. The molecule has 2 heterocycles. The van der Waals surface area contributed by atoms with Crippen molar-refractivity contribution in [1.29, 1.82) is 0 Å². The van der Waals surface area contributed by atoms with Crippen molar-refractivity contribution in [3.8, 4) is 5.75 Å². The van der Waals surface area contributed by atoms with Crippen molar-refractivity contribution < 1.29 is 52.8 Å². The van der Waals surface area contributed by atoms with Crippen LogP contribution in [-0.4, -0.2) is 81.3 Å². The molecule has 2 aliphatic carbocycles. The average molecular weight is 713 g/mol. The van der Waals surface area contributed by atoms with E-state index in [2.05, 4.69) is 41.4 Å². The molecule has 51 heavy (non-hydrogen) atoms. The molecule has 0 spiro atoms. The number of oxime groups is 1. The highest BCUT2D eigenvalue weighted by Gasteiger charge is 2.53. The largest absolute Gasteiger partial charge is 0.487 e. The molecule has 0 radical (unpaired) electrons. The fourth-order valence-corrected chi connectivity index (χ4v) is 8.22. The first kappa shape index (κ1) is 37.7. The van der Waals surface area contributed by atoms with E-state index >= 15 is 0 Å². The second kappa shape index (κ2) is 16.2. The molecule has 2 fully saturated rings. The van der Waals surface area contributed by atoms with Gasteiger partial charge < -0.3 is 33.6 Å². The van der Waals surface area contributed by atoms with Crippen LogP contribution in [0.2, 0.25) is 0 Å². The number of carbonyl (C=O) groups excluding carboxylic acids is 4. The zero-order valence-electron chi connectivity index (χ0n) is 30.0. The quantitative estimate of drug-likeness (QED) is 0.107. The lowest BCUT2D eigenvalue weighted by Gasteiger charge is -2.50. The summed E-state index contributed by atoms with van der Waals surface area (Å²) >= 11 is 0. The van der Waals surface area contributed by atoms with Gasteiger partial charge in [-0.1, -0.05) is 31.5 Å². The lowest BCUT2D eigenvalue weighted by atomic mass is 9.54. The third-order valence-corrected chi connectivity index (χ3v) is 10.3. The molecule has 1 saturated carbocycles. The Bertz CT molecular complexity index is 1610. The fraction of sp³-hybridized carbons (Fsp3) is 0.639. The van der Waals surface area contributed by atoms with Crippen molar-refractivity contribution in [2.24, 2.45) is 22.4 Å². The van der Waals surface area contributed by atoms with E-state index in [9.17, 15) is 24.4 Å². The molecule has 1 saturated heterocycles. The fourth-order valence-electron chi connectivity index (χ4n) is 8.22. The molecule has 0 unspecified atom stereocenters. The zero-order chi connectivity index (χ0) is 36.9. The SMILES string of the molecule is CCC[C@H]1[C@@H]2CCc3cc(OCc4cn([C@H]5O[C@H](COC(C)=O)[C@@H](OC(C)=O)[C@H](OC(C)=O)[C@@H]5OC(C)=O)nn4)ccc3[C@H]2CC[C@]1(C)/C=N/O. The van der Waals surface area contributed by atoms with Crippen LogP contribution in [0.15, 0.2) is 29.6 Å². The normalized spacial score (nSPS) is 30.1. The van der Waals surface area contributed by atoms with Crippen LogP contribution >= 0.6 is 0 Å². The number of esters is 4. The predicted molar refractivity (Wildman–Crippen MR) is 179 cm³/mol. The Balaban J connectivity index is 1.33. The van der Waals surface area contributed by atoms with E-state index in [1.54, 1.807) is 12.4 Å². The number of aryl methyl sites for hydroxylation is 1. The number of benzene rings is 1. The van der Waals surface area contributed by atoms with Gasteiger partial charge in [0.1, 0.15) is 30.8 Å². The summed E-state index contributed by atoms with van der Waals surface area (Å²) in [6.45, 7) is 8.85. The summed E-state index contributed by atoms with van der Waals surface area (Å²) in [7, 11) is 0. The van der Waals surface area contributed by atoms with Crippen LogP contribution < -0.4 is 4.74 Å². The molecule has 0 bridgehead atoms. The van der Waals surface area contributed by atoms with Crippen LogP contribution in [0.4, 0.5) is 0 Å². The van der Waals surface area contributed by atoms with Crippen molar-refractivity contribution in [1.82, 2.24) is 15.0 Å². The van der Waals surface area contributed by atoms with Crippen molar-refractivity contribution >= 4 is 30.1 Å². The summed E-state index contributed by atoms with van der Waals surface area (Å²) in [5.41, 5.74) is 2.95. The molecule has 1 N–H and O–H groups in total. The van der Waals surface area contributed by atoms with E-state index in [4.69, 9.17) is 28.4 Å². The molecule has 9 atom stereocenters. The average Bonchev–Trinajstić information content (AvgIpc) is 3.54. The smallest absolute Gasteiger partial charge is 0.303 e. The Labute approximate surface area is 296 Å². The molecule has 1 aliphatic heterocycles. The summed E-state index contributed by atoms with van der Waals surface area (Å²) in [6, 6.07) is 6.23. The molecule has 5 rings (SSSR count). The van der Waals surface area contributed by atoms with Crippen molar-refractivity contribution in [2.75, 3.05) is 6.61 Å². The molecule has 1 aromatic heterocycles. The van der Waals surface area contributed by atoms with E-state index in [0.717, 1.165) is 52.4 Å². The van der Waals surface area contributed by atoms with Gasteiger partial charge in [0, 0.05) is 39.3 Å². The number of hydrogen-bond donors (Lipinski definition) is 1. The summed E-state index contributed by atoms with van der Waals surface area (Å²) in [5, 5.41) is 21.3. The highest BCUT2D eigenvalue weighted by molar-refractivity contribution is 5.69. The Kier molecular flexibility index (Phi) is 12.0. The first-order chi connectivity index (χ1) is 24.3. The highest BCUT2D eigenvalue weighted by Crippen LogP contribution is 2.55. The molecule has 0 amide bonds. The molecule has 3 aliphatic rings. The molecule has 1 aromatic carbocycles. The topological polar surface area (TPSA) is 187 Å². The first-order valence-electron chi connectivity index (χ1n) is 17.5. The summed E-state index contributed by atoms with van der Waals surface area (Å²) in [4.78, 5) is 48.1. The summed E-state index contributed by atoms with van der Waals surface area (Å²) < 4.78 is 35.3. The predicted octanol–water partition coefficient (Wildman–Crippen LogP) is 4.44. The van der Waals surface area contributed by atoms with Gasteiger partial charge in [-0.25, -0.2) is 4.68 Å². The zero-order valence-corrected chi connectivity index (χ0v) is 30.0. The Morgan fingerprint density at radius 2 is 1.73 bits per heavy atom. The van der Waals surface area contributed by atoms with Crippen molar-refractivity contribution in [2.45, 2.75) is 123 Å². The molecule has 15 heteroatoms.